The van der Waals surface area contributed by atoms with E-state index in [1.807, 2.05) is 0 Å². The molecule has 0 saturated carbocycles. The van der Waals surface area contributed by atoms with Crippen molar-refractivity contribution in [2.45, 2.75) is 17.2 Å². The van der Waals surface area contributed by atoms with Crippen LogP contribution in [0.1, 0.15) is 5.82 Å². The van der Waals surface area contributed by atoms with E-state index in [1.54, 1.807) is 19.3 Å². The van der Waals surface area contributed by atoms with E-state index in [1.165, 1.54) is 11.8 Å². The number of hydrogen-bond acceptors (Lipinski definition) is 5. The van der Waals surface area contributed by atoms with Gasteiger partial charge in [-0.25, -0.2) is 15.0 Å². The average molecular weight is 228 g/mol. The number of rotatable bonds is 2. The molecule has 0 saturated heterocycles. The van der Waals surface area contributed by atoms with Gasteiger partial charge in [0.1, 0.15) is 5.82 Å². The lowest BCUT2D eigenvalue weighted by molar-refractivity contribution is 0.854. The number of aromatic amines is 1. The normalized spacial score (nSPS) is 10.4. The highest BCUT2D eigenvalue weighted by molar-refractivity contribution is 7.99. The maximum absolute atomic E-state index is 5.68. The Morgan fingerprint density at radius 2 is 2.21 bits per heavy atom. The molecule has 2 heterocycles. The van der Waals surface area contributed by atoms with Crippen molar-refractivity contribution in [2.24, 2.45) is 0 Å². The molecule has 0 aromatic carbocycles. The summed E-state index contributed by atoms with van der Waals surface area (Å²) >= 11 is 6.99. The fourth-order valence-electron chi connectivity index (χ4n) is 0.865. The first-order valence-electron chi connectivity index (χ1n) is 3.79. The molecular weight excluding hydrogens is 222 g/mol. The Morgan fingerprint density at radius 1 is 1.36 bits per heavy atom. The van der Waals surface area contributed by atoms with Crippen molar-refractivity contribution >= 4 is 23.4 Å². The standard InChI is InChI=1S/C7H6ClN5S/c1-4-11-5(8)13-7(12-4)14-6-9-2-3-10-6/h2-3H,1H3,(H,9,10). The smallest absolute Gasteiger partial charge is 0.226 e. The Balaban J connectivity index is 2.25. The van der Waals surface area contributed by atoms with Gasteiger partial charge in [0.15, 0.2) is 10.3 Å². The first-order chi connectivity index (χ1) is 6.74. The molecule has 0 spiro atoms. The maximum Gasteiger partial charge on any atom is 0.226 e. The molecule has 0 aliphatic rings. The van der Waals surface area contributed by atoms with E-state index in [4.69, 9.17) is 11.6 Å². The van der Waals surface area contributed by atoms with E-state index >= 15 is 0 Å². The molecular formula is C7H6ClN5S. The maximum atomic E-state index is 5.68. The van der Waals surface area contributed by atoms with Crippen molar-refractivity contribution in [1.82, 2.24) is 24.9 Å². The molecule has 5 nitrogen and oxygen atoms in total. The zero-order valence-electron chi connectivity index (χ0n) is 7.23. The number of nitrogens with one attached hydrogen (secondary N) is 1. The quantitative estimate of drug-likeness (QED) is 0.846. The van der Waals surface area contributed by atoms with Gasteiger partial charge in [-0.15, -0.1) is 0 Å². The molecule has 0 unspecified atom stereocenters. The molecule has 7 heteroatoms. The number of H-pyrrole nitrogens is 1. The first-order valence-corrected chi connectivity index (χ1v) is 4.99. The van der Waals surface area contributed by atoms with Crippen LogP contribution in [0.5, 0.6) is 0 Å². The number of aryl methyl sites for hydroxylation is 1. The summed E-state index contributed by atoms with van der Waals surface area (Å²) in [5.74, 6) is 0.596. The van der Waals surface area contributed by atoms with Crippen LogP contribution < -0.4 is 0 Å². The molecule has 2 rings (SSSR count). The van der Waals surface area contributed by atoms with Gasteiger partial charge in [0.05, 0.1) is 0 Å². The van der Waals surface area contributed by atoms with E-state index < -0.39 is 0 Å². The van der Waals surface area contributed by atoms with Gasteiger partial charge in [-0.1, -0.05) is 0 Å². The van der Waals surface area contributed by atoms with Crippen molar-refractivity contribution in [2.75, 3.05) is 0 Å². The molecule has 0 aliphatic heterocycles. The van der Waals surface area contributed by atoms with Crippen molar-refractivity contribution in [1.29, 1.82) is 0 Å². The van der Waals surface area contributed by atoms with Crippen LogP contribution in [0, 0.1) is 6.92 Å². The number of hydrogen-bond donors (Lipinski definition) is 1. The van der Waals surface area contributed by atoms with Gasteiger partial charge < -0.3 is 4.98 Å². The van der Waals surface area contributed by atoms with Crippen molar-refractivity contribution in [3.63, 3.8) is 0 Å². The summed E-state index contributed by atoms with van der Waals surface area (Å²) in [5.41, 5.74) is 0. The largest absolute Gasteiger partial charge is 0.339 e. The molecule has 0 atom stereocenters. The number of imidazole rings is 1. The summed E-state index contributed by atoms with van der Waals surface area (Å²) in [6.07, 6.45) is 3.40. The van der Waals surface area contributed by atoms with E-state index in [9.17, 15) is 0 Å². The van der Waals surface area contributed by atoms with Gasteiger partial charge >= 0.3 is 0 Å². The van der Waals surface area contributed by atoms with Crippen LogP contribution in [0.25, 0.3) is 0 Å². The molecule has 2 aromatic rings. The lowest BCUT2D eigenvalue weighted by atomic mass is 10.7. The van der Waals surface area contributed by atoms with Crippen LogP contribution in [0.2, 0.25) is 5.28 Å². The summed E-state index contributed by atoms with van der Waals surface area (Å²) in [6, 6.07) is 0. The first kappa shape index (κ1) is 9.42. The summed E-state index contributed by atoms with van der Waals surface area (Å²) < 4.78 is 0. The molecule has 1 N–H and O–H groups in total. The van der Waals surface area contributed by atoms with E-state index in [0.717, 1.165) is 5.16 Å². The van der Waals surface area contributed by atoms with Crippen LogP contribution in [0.3, 0.4) is 0 Å². The molecule has 0 bridgehead atoms. The number of halogens is 1. The molecule has 2 aromatic heterocycles. The molecule has 0 fully saturated rings. The average Bonchev–Trinajstić information content (AvgIpc) is 2.54. The van der Waals surface area contributed by atoms with Crippen LogP contribution in [0.15, 0.2) is 22.7 Å². The van der Waals surface area contributed by atoms with Crippen LogP contribution in [-0.2, 0) is 0 Å². The minimum Gasteiger partial charge on any atom is -0.339 e. The second-order valence-electron chi connectivity index (χ2n) is 2.43. The fraction of sp³-hybridized carbons (Fsp3) is 0.143. The Kier molecular flexibility index (Phi) is 2.64. The lowest BCUT2D eigenvalue weighted by Crippen LogP contribution is -1.94. The second kappa shape index (κ2) is 3.93. The Bertz CT molecular complexity index is 409. The molecule has 14 heavy (non-hydrogen) atoms. The summed E-state index contributed by atoms with van der Waals surface area (Å²) in [4.78, 5) is 18.9. The highest BCUT2D eigenvalue weighted by Gasteiger charge is 2.05. The highest BCUT2D eigenvalue weighted by Crippen LogP contribution is 2.20. The van der Waals surface area contributed by atoms with E-state index in [0.29, 0.717) is 11.0 Å². The third kappa shape index (κ3) is 2.21. The number of nitrogens with zero attached hydrogens (tertiary/aromatic N) is 4. The molecule has 72 valence electrons. The molecule has 0 amide bonds. The third-order valence-electron chi connectivity index (χ3n) is 1.36. The molecule has 0 radical (unpaired) electrons. The zero-order chi connectivity index (χ0) is 9.97. The second-order valence-corrected chi connectivity index (χ2v) is 3.72. The van der Waals surface area contributed by atoms with Gasteiger partial charge in [0.2, 0.25) is 5.28 Å². The summed E-state index contributed by atoms with van der Waals surface area (Å²) in [5, 5.41) is 1.47. The van der Waals surface area contributed by atoms with Crippen molar-refractivity contribution in [3.8, 4) is 0 Å². The van der Waals surface area contributed by atoms with Gasteiger partial charge in [0.25, 0.3) is 0 Å². The molecule has 0 aliphatic carbocycles. The predicted molar refractivity (Wildman–Crippen MR) is 52.3 cm³/mol. The minimum atomic E-state index is 0.201. The topological polar surface area (TPSA) is 67.3 Å². The van der Waals surface area contributed by atoms with Crippen LogP contribution >= 0.6 is 23.4 Å². The SMILES string of the molecule is Cc1nc(Cl)nc(Sc2ncc[nH]2)n1. The van der Waals surface area contributed by atoms with Gasteiger partial charge in [-0.05, 0) is 30.3 Å². The zero-order valence-corrected chi connectivity index (χ0v) is 8.80. The minimum absolute atomic E-state index is 0.201. The van der Waals surface area contributed by atoms with Gasteiger partial charge in [-0.3, -0.25) is 0 Å². The van der Waals surface area contributed by atoms with Gasteiger partial charge in [0, 0.05) is 12.4 Å². The van der Waals surface area contributed by atoms with E-state index in [2.05, 4.69) is 24.9 Å². The lowest BCUT2D eigenvalue weighted by Gasteiger charge is -1.97. The Morgan fingerprint density at radius 3 is 2.86 bits per heavy atom. The third-order valence-corrected chi connectivity index (χ3v) is 2.31. The van der Waals surface area contributed by atoms with Gasteiger partial charge in [-0.2, -0.15) is 4.98 Å². The van der Waals surface area contributed by atoms with E-state index in [-0.39, 0.29) is 5.28 Å². The summed E-state index contributed by atoms with van der Waals surface area (Å²) in [7, 11) is 0. The van der Waals surface area contributed by atoms with Crippen LogP contribution in [-0.4, -0.2) is 24.9 Å². The fourth-order valence-corrected chi connectivity index (χ4v) is 1.84. The van der Waals surface area contributed by atoms with Crippen LogP contribution in [0.4, 0.5) is 0 Å². The number of aromatic nitrogens is 5. The summed E-state index contributed by atoms with van der Waals surface area (Å²) in [6.45, 7) is 1.76. The van der Waals surface area contributed by atoms with Crippen molar-refractivity contribution in [3.05, 3.63) is 23.5 Å². The Hall–Kier alpha value is -1.14. The monoisotopic (exact) mass is 227 g/mol. The van der Waals surface area contributed by atoms with Crippen molar-refractivity contribution < 1.29 is 0 Å². The predicted octanol–water partition coefficient (Wildman–Crippen LogP) is 1.71. The Labute approximate surface area is 89.4 Å². The highest BCUT2D eigenvalue weighted by atomic mass is 35.5.